The van der Waals surface area contributed by atoms with Crippen LogP contribution in [-0.2, 0) is 32.1 Å². The Morgan fingerprint density at radius 2 is 1.64 bits per heavy atom. The van der Waals surface area contributed by atoms with Gasteiger partial charge in [0.1, 0.15) is 23.9 Å². The van der Waals surface area contributed by atoms with Gasteiger partial charge in [0.2, 0.25) is 23.6 Å². The third kappa shape index (κ3) is 10.4. The van der Waals surface area contributed by atoms with Crippen LogP contribution in [0, 0.1) is 12.8 Å². The number of ether oxygens (including phenoxy) is 1. The molecular formula is C38H52N6O6. The van der Waals surface area contributed by atoms with Gasteiger partial charge in [-0.2, -0.15) is 0 Å². The monoisotopic (exact) mass is 688 g/mol. The standard InChI is InChI=1S/C38H52N6O6/c1-24(2)20-31-37(48)41-32(21-27-13-15-30(50-6)16-14-27)38(49)43(5)26(4)35(46)39-17-9-19-44(18-8-12-33(45)40-31)23-29-22-28-11-7-10-25(3)34(28)42-36(29)47/h7,10-11,13-16,22,24,26,31-32H,8-9,12,17-21,23H2,1-6H3,(H,39,46)(H,40,45)(H,41,48)(H,42,47)/t26-,31+,32-/m0/s1. The van der Waals surface area contributed by atoms with Crippen LogP contribution in [0.15, 0.2) is 53.3 Å². The highest BCUT2D eigenvalue weighted by atomic mass is 16.5. The molecule has 3 aromatic rings. The van der Waals surface area contributed by atoms with Gasteiger partial charge in [-0.15, -0.1) is 0 Å². The van der Waals surface area contributed by atoms with Crippen molar-refractivity contribution in [3.05, 3.63) is 75.6 Å². The summed E-state index contributed by atoms with van der Waals surface area (Å²) in [6.45, 7) is 9.37. The van der Waals surface area contributed by atoms with E-state index in [1.807, 2.05) is 57.2 Å². The van der Waals surface area contributed by atoms with E-state index in [1.54, 1.807) is 33.2 Å². The second-order valence-electron chi connectivity index (χ2n) is 13.7. The van der Waals surface area contributed by atoms with Gasteiger partial charge in [-0.25, -0.2) is 0 Å². The minimum Gasteiger partial charge on any atom is -0.497 e. The van der Waals surface area contributed by atoms with E-state index >= 15 is 0 Å². The van der Waals surface area contributed by atoms with E-state index < -0.39 is 29.9 Å². The maximum Gasteiger partial charge on any atom is 0.252 e. The number of carbonyl (C=O) groups excluding carboxylic acids is 4. The first-order chi connectivity index (χ1) is 23.9. The second kappa shape index (κ2) is 17.8. The number of carbonyl (C=O) groups is 4. The number of H-pyrrole nitrogens is 1. The quantitative estimate of drug-likeness (QED) is 0.298. The molecule has 2 aromatic carbocycles. The number of aromatic amines is 1. The van der Waals surface area contributed by atoms with Crippen LogP contribution in [0.2, 0.25) is 0 Å². The number of aryl methyl sites for hydroxylation is 1. The van der Waals surface area contributed by atoms with Gasteiger partial charge in [0.05, 0.1) is 12.6 Å². The van der Waals surface area contributed by atoms with Crippen LogP contribution >= 0.6 is 0 Å². The number of rotatable bonds is 7. The molecule has 0 aliphatic carbocycles. The smallest absolute Gasteiger partial charge is 0.252 e. The zero-order chi connectivity index (χ0) is 36.4. The first kappa shape index (κ1) is 38.1. The average molecular weight is 689 g/mol. The number of pyridine rings is 1. The topological polar surface area (TPSA) is 153 Å². The fourth-order valence-corrected chi connectivity index (χ4v) is 6.23. The minimum absolute atomic E-state index is 0.0883. The summed E-state index contributed by atoms with van der Waals surface area (Å²) in [5.74, 6) is -0.703. The van der Waals surface area contributed by atoms with Crippen LogP contribution < -0.4 is 26.2 Å². The molecule has 1 fully saturated rings. The van der Waals surface area contributed by atoms with Crippen molar-refractivity contribution >= 4 is 34.5 Å². The maximum atomic E-state index is 13.9. The molecule has 2 heterocycles. The van der Waals surface area contributed by atoms with Crippen LogP contribution in [0.5, 0.6) is 5.75 Å². The van der Waals surface area contributed by atoms with Gasteiger partial charge in [0.15, 0.2) is 0 Å². The summed E-state index contributed by atoms with van der Waals surface area (Å²) in [5.41, 5.74) is 3.05. The van der Waals surface area contributed by atoms with Gasteiger partial charge >= 0.3 is 0 Å². The number of benzene rings is 2. The molecule has 12 heteroatoms. The van der Waals surface area contributed by atoms with Gasteiger partial charge in [0.25, 0.3) is 5.56 Å². The zero-order valence-electron chi connectivity index (χ0n) is 30.1. The lowest BCUT2D eigenvalue weighted by atomic mass is 10.00. The average Bonchev–Trinajstić information content (AvgIpc) is 3.08. The highest BCUT2D eigenvalue weighted by molar-refractivity contribution is 5.94. The molecule has 3 atom stereocenters. The Kier molecular flexibility index (Phi) is 13.6. The molecule has 1 saturated heterocycles. The van der Waals surface area contributed by atoms with Crippen LogP contribution in [0.3, 0.4) is 0 Å². The van der Waals surface area contributed by atoms with E-state index in [-0.39, 0.29) is 36.1 Å². The summed E-state index contributed by atoms with van der Waals surface area (Å²) in [5, 5.41) is 9.70. The van der Waals surface area contributed by atoms with Crippen molar-refractivity contribution in [3.63, 3.8) is 0 Å². The number of hydrogen-bond donors (Lipinski definition) is 4. The minimum atomic E-state index is -0.975. The van der Waals surface area contributed by atoms with E-state index in [1.165, 1.54) is 4.90 Å². The van der Waals surface area contributed by atoms with Gasteiger partial charge in [-0.1, -0.05) is 44.2 Å². The normalized spacial score (nSPS) is 20.9. The molecular weight excluding hydrogens is 636 g/mol. The lowest BCUT2D eigenvalue weighted by Crippen LogP contribution is -2.57. The van der Waals surface area contributed by atoms with E-state index in [0.717, 1.165) is 22.0 Å². The highest BCUT2D eigenvalue weighted by Crippen LogP contribution is 2.17. The Morgan fingerprint density at radius 1 is 0.920 bits per heavy atom. The number of amides is 4. The fourth-order valence-electron chi connectivity index (χ4n) is 6.23. The van der Waals surface area contributed by atoms with Crippen molar-refractivity contribution in [1.82, 2.24) is 30.7 Å². The molecule has 1 aromatic heterocycles. The predicted molar refractivity (Wildman–Crippen MR) is 194 cm³/mol. The SMILES string of the molecule is COc1ccc(C[C@@H]2NC(=O)[C@@H](CC(C)C)NC(=O)CCCN(Cc3cc4cccc(C)c4[nH]c3=O)CCCNC(=O)[C@H](C)N(C)C2=O)cc1. The molecule has 0 unspecified atom stereocenters. The van der Waals surface area contributed by atoms with Gasteiger partial charge in [-0.05, 0) is 80.3 Å². The number of para-hydroxylation sites is 1. The summed E-state index contributed by atoms with van der Waals surface area (Å²) in [7, 11) is 3.12. The molecule has 12 nitrogen and oxygen atoms in total. The van der Waals surface area contributed by atoms with Crippen LogP contribution in [0.1, 0.15) is 63.1 Å². The first-order valence-corrected chi connectivity index (χ1v) is 17.5. The lowest BCUT2D eigenvalue weighted by Gasteiger charge is -2.30. The maximum absolute atomic E-state index is 13.9. The van der Waals surface area contributed by atoms with Crippen molar-refractivity contribution in [2.45, 2.75) is 84.5 Å². The molecule has 4 amide bonds. The molecule has 4 N–H and O–H groups in total. The number of fused-ring (bicyclic) bond motifs is 1. The molecule has 4 rings (SSSR count). The number of nitrogens with one attached hydrogen (secondary N) is 4. The van der Waals surface area contributed by atoms with Crippen molar-refractivity contribution in [2.24, 2.45) is 5.92 Å². The third-order valence-electron chi connectivity index (χ3n) is 9.27. The van der Waals surface area contributed by atoms with Gasteiger partial charge in [0, 0.05) is 45.1 Å². The van der Waals surface area contributed by atoms with Crippen molar-refractivity contribution < 1.29 is 23.9 Å². The third-order valence-corrected chi connectivity index (χ3v) is 9.27. The van der Waals surface area contributed by atoms with E-state index in [4.69, 9.17) is 4.74 Å². The molecule has 0 saturated carbocycles. The number of methoxy groups -OCH3 is 1. The molecule has 50 heavy (non-hydrogen) atoms. The number of nitrogens with zero attached hydrogens (tertiary/aromatic N) is 2. The summed E-state index contributed by atoms with van der Waals surface area (Å²) < 4.78 is 5.26. The van der Waals surface area contributed by atoms with E-state index in [2.05, 4.69) is 25.8 Å². The summed E-state index contributed by atoms with van der Waals surface area (Å²) >= 11 is 0. The molecule has 1 aliphatic rings. The Labute approximate surface area is 294 Å². The molecule has 0 bridgehead atoms. The highest BCUT2D eigenvalue weighted by Gasteiger charge is 2.32. The van der Waals surface area contributed by atoms with Gasteiger partial charge < -0.3 is 30.6 Å². The Bertz CT molecular complexity index is 1700. The summed E-state index contributed by atoms with van der Waals surface area (Å²) in [6, 6.07) is 12.4. The molecule has 1 aliphatic heterocycles. The van der Waals surface area contributed by atoms with Crippen LogP contribution in [-0.4, -0.2) is 90.3 Å². The predicted octanol–water partition coefficient (Wildman–Crippen LogP) is 3.05. The lowest BCUT2D eigenvalue weighted by molar-refractivity contribution is -0.141. The fraction of sp³-hybridized carbons (Fsp3) is 0.500. The molecule has 270 valence electrons. The largest absolute Gasteiger partial charge is 0.497 e. The number of likely N-dealkylation sites (N-methyl/N-ethyl adjacent to an activating group) is 1. The Hall–Kier alpha value is -4.71. The molecule has 0 radical (unpaired) electrons. The van der Waals surface area contributed by atoms with Crippen molar-refractivity contribution in [2.75, 3.05) is 33.8 Å². The van der Waals surface area contributed by atoms with Crippen LogP contribution in [0.4, 0.5) is 0 Å². The van der Waals surface area contributed by atoms with Crippen LogP contribution in [0.25, 0.3) is 10.9 Å². The van der Waals surface area contributed by atoms with Gasteiger partial charge in [-0.3, -0.25) is 28.9 Å². The second-order valence-corrected chi connectivity index (χ2v) is 13.7. The van der Waals surface area contributed by atoms with E-state index in [9.17, 15) is 24.0 Å². The van der Waals surface area contributed by atoms with E-state index in [0.29, 0.717) is 56.8 Å². The molecule has 0 spiro atoms. The number of aromatic nitrogens is 1. The van der Waals surface area contributed by atoms with Crippen molar-refractivity contribution in [1.29, 1.82) is 0 Å². The zero-order valence-corrected chi connectivity index (χ0v) is 30.1. The van der Waals surface area contributed by atoms with Crippen molar-refractivity contribution in [3.8, 4) is 5.75 Å². The summed E-state index contributed by atoms with van der Waals surface area (Å²) in [4.78, 5) is 73.7. The first-order valence-electron chi connectivity index (χ1n) is 17.5. The Balaban J connectivity index is 1.56. The Morgan fingerprint density at radius 3 is 2.34 bits per heavy atom. The number of hydrogen-bond acceptors (Lipinski definition) is 7. The summed E-state index contributed by atoms with van der Waals surface area (Å²) in [6.07, 6.45) is 1.84.